The van der Waals surface area contributed by atoms with E-state index in [9.17, 15) is 22.0 Å². The molecule has 0 unspecified atom stereocenters. The minimum Gasteiger partial charge on any atom is -0.489 e. The average Bonchev–Trinajstić information content (AvgIpc) is 3.78. The molecular weight excluding hydrogens is 514 g/mol. The van der Waals surface area contributed by atoms with E-state index >= 15 is 0 Å². The molecule has 1 aliphatic heterocycles. The summed E-state index contributed by atoms with van der Waals surface area (Å²) < 4.78 is 58.8. The number of pyridine rings is 3. The van der Waals surface area contributed by atoms with Crippen molar-refractivity contribution in [2.45, 2.75) is 42.1 Å². The van der Waals surface area contributed by atoms with E-state index in [2.05, 4.69) is 10.3 Å². The number of halogens is 2. The first kappa shape index (κ1) is 24.4. The van der Waals surface area contributed by atoms with Crippen molar-refractivity contribution in [2.75, 3.05) is 6.61 Å². The zero-order valence-electron chi connectivity index (χ0n) is 20.0. The van der Waals surface area contributed by atoms with Crippen molar-refractivity contribution in [3.63, 3.8) is 0 Å². The number of carbonyl (C=O) groups excluding carboxylic acids is 1. The summed E-state index contributed by atoms with van der Waals surface area (Å²) in [6.45, 7) is -0.314. The van der Waals surface area contributed by atoms with E-state index < -0.39 is 44.1 Å². The summed E-state index contributed by atoms with van der Waals surface area (Å²) >= 11 is 0. The maximum absolute atomic E-state index is 14.6. The van der Waals surface area contributed by atoms with Gasteiger partial charge in [0.25, 0.3) is 5.91 Å². The second-order valence-corrected chi connectivity index (χ2v) is 11.4. The van der Waals surface area contributed by atoms with E-state index in [1.165, 1.54) is 0 Å². The molecule has 11 heteroatoms. The third-order valence-corrected chi connectivity index (χ3v) is 8.42. The van der Waals surface area contributed by atoms with Gasteiger partial charge in [-0.3, -0.25) is 14.8 Å². The number of nitrogens with zero attached hydrogens (tertiary/aromatic N) is 3. The van der Waals surface area contributed by atoms with E-state index in [0.29, 0.717) is 17.1 Å². The monoisotopic (exact) mass is 536 g/mol. The van der Waals surface area contributed by atoms with Gasteiger partial charge in [0, 0.05) is 35.2 Å². The Morgan fingerprint density at radius 2 is 1.87 bits per heavy atom. The molecule has 0 saturated heterocycles. The average molecular weight is 537 g/mol. The van der Waals surface area contributed by atoms with Crippen molar-refractivity contribution >= 4 is 26.6 Å². The molecule has 8 nitrogen and oxygen atoms in total. The molecule has 0 spiro atoms. The number of hydrogen-bond acceptors (Lipinski definition) is 7. The summed E-state index contributed by atoms with van der Waals surface area (Å²) in [5.41, 5.74) is 1.20. The van der Waals surface area contributed by atoms with Gasteiger partial charge in [-0.15, -0.1) is 0 Å². The fourth-order valence-corrected chi connectivity index (χ4v) is 5.76. The Bertz CT molecular complexity index is 1690. The first-order valence-electron chi connectivity index (χ1n) is 12.1. The Kier molecular flexibility index (Phi) is 6.02. The molecule has 1 fully saturated rings. The SMILES string of the molecule is O=C(NCc1cc2nc(-c3cccc(C4CC4)n3)ccc2cn1)c1cc(F)c2c(c1)S(=O)(=O)[C@@H](F)CCO2. The number of ether oxygens (including phenoxy) is 1. The Morgan fingerprint density at radius 3 is 2.68 bits per heavy atom. The molecule has 1 amide bonds. The van der Waals surface area contributed by atoms with Crippen molar-refractivity contribution in [3.05, 3.63) is 77.5 Å². The summed E-state index contributed by atoms with van der Waals surface area (Å²) in [4.78, 5) is 25.9. The van der Waals surface area contributed by atoms with E-state index in [1.54, 1.807) is 12.3 Å². The molecule has 4 heterocycles. The summed E-state index contributed by atoms with van der Waals surface area (Å²) in [6.07, 6.45) is 3.51. The van der Waals surface area contributed by atoms with Gasteiger partial charge in [-0.05, 0) is 55.3 Å². The minimum atomic E-state index is -4.50. The Labute approximate surface area is 217 Å². The Balaban J connectivity index is 1.23. The number of hydrogen-bond donors (Lipinski definition) is 1. The van der Waals surface area contributed by atoms with Gasteiger partial charge in [-0.2, -0.15) is 0 Å². The zero-order chi connectivity index (χ0) is 26.4. The second kappa shape index (κ2) is 9.39. The van der Waals surface area contributed by atoms with Crippen LogP contribution in [0.5, 0.6) is 5.75 Å². The number of rotatable bonds is 5. The minimum absolute atomic E-state index is 0.0240. The van der Waals surface area contributed by atoms with Gasteiger partial charge < -0.3 is 10.1 Å². The molecule has 1 N–H and O–H groups in total. The molecule has 0 radical (unpaired) electrons. The van der Waals surface area contributed by atoms with Crippen molar-refractivity contribution in [2.24, 2.45) is 0 Å². The van der Waals surface area contributed by atoms with Crippen molar-refractivity contribution in [1.29, 1.82) is 0 Å². The number of alkyl halides is 1. The molecule has 2 aliphatic rings. The molecular formula is C27H22F2N4O4S. The van der Waals surface area contributed by atoms with E-state index in [4.69, 9.17) is 14.7 Å². The van der Waals surface area contributed by atoms with Crippen molar-refractivity contribution in [3.8, 4) is 17.1 Å². The largest absolute Gasteiger partial charge is 0.489 e. The van der Waals surface area contributed by atoms with Crippen LogP contribution in [0.2, 0.25) is 0 Å². The number of sulfone groups is 1. The summed E-state index contributed by atoms with van der Waals surface area (Å²) in [7, 11) is -4.50. The molecule has 1 aliphatic carbocycles. The maximum Gasteiger partial charge on any atom is 0.251 e. The summed E-state index contributed by atoms with van der Waals surface area (Å²) in [5.74, 6) is -1.85. The van der Waals surface area contributed by atoms with Crippen LogP contribution in [0.25, 0.3) is 22.3 Å². The molecule has 6 rings (SSSR count). The van der Waals surface area contributed by atoms with Crippen LogP contribution in [0, 0.1) is 5.82 Å². The molecule has 4 aromatic rings. The van der Waals surface area contributed by atoms with Crippen LogP contribution >= 0.6 is 0 Å². The molecule has 0 bridgehead atoms. The van der Waals surface area contributed by atoms with Gasteiger partial charge in [0.2, 0.25) is 15.3 Å². The van der Waals surface area contributed by atoms with Gasteiger partial charge in [0.1, 0.15) is 4.90 Å². The first-order valence-corrected chi connectivity index (χ1v) is 13.7. The highest BCUT2D eigenvalue weighted by Gasteiger charge is 2.35. The van der Waals surface area contributed by atoms with Crippen LogP contribution in [0.4, 0.5) is 8.78 Å². The highest BCUT2D eigenvalue weighted by molar-refractivity contribution is 7.92. The van der Waals surface area contributed by atoms with E-state index in [0.717, 1.165) is 47.4 Å². The number of amides is 1. The van der Waals surface area contributed by atoms with Gasteiger partial charge in [-0.1, -0.05) is 6.07 Å². The number of nitrogens with one attached hydrogen (secondary N) is 1. The van der Waals surface area contributed by atoms with Gasteiger partial charge in [0.05, 0.1) is 35.8 Å². The normalized spacial score (nSPS) is 18.3. The summed E-state index contributed by atoms with van der Waals surface area (Å²) in [6, 6.07) is 13.2. The van der Waals surface area contributed by atoms with Crippen LogP contribution in [0.15, 0.2) is 59.6 Å². The second-order valence-electron chi connectivity index (χ2n) is 9.35. The molecule has 1 atom stereocenters. The number of fused-ring (bicyclic) bond motifs is 2. The lowest BCUT2D eigenvalue weighted by molar-refractivity contribution is 0.0949. The highest BCUT2D eigenvalue weighted by atomic mass is 32.2. The van der Waals surface area contributed by atoms with Crippen LogP contribution in [0.3, 0.4) is 0 Å². The third-order valence-electron chi connectivity index (χ3n) is 6.60. The quantitative estimate of drug-likeness (QED) is 0.400. The van der Waals surface area contributed by atoms with Crippen LogP contribution < -0.4 is 10.1 Å². The lowest BCUT2D eigenvalue weighted by Gasteiger charge is -2.12. The Hall–Kier alpha value is -3.99. The van der Waals surface area contributed by atoms with Gasteiger partial charge in [0.15, 0.2) is 11.6 Å². The highest BCUT2D eigenvalue weighted by Crippen LogP contribution is 2.39. The van der Waals surface area contributed by atoms with Crippen LogP contribution in [-0.2, 0) is 16.4 Å². The predicted molar refractivity (Wildman–Crippen MR) is 135 cm³/mol. The van der Waals surface area contributed by atoms with Gasteiger partial charge >= 0.3 is 0 Å². The fraction of sp³-hybridized carbons (Fsp3) is 0.259. The number of carbonyl (C=O) groups is 1. The fourth-order valence-electron chi connectivity index (χ4n) is 4.37. The molecule has 3 aromatic heterocycles. The molecule has 38 heavy (non-hydrogen) atoms. The molecule has 1 saturated carbocycles. The standard InChI is InChI=1S/C27H22F2N4O4S/c28-19-10-17(11-24-26(19)37-9-8-25(29)38(24,35)36)27(34)31-14-18-12-23-16(13-30-18)6-7-22(33-23)21-3-1-2-20(32-21)15-4-5-15/h1-3,6-7,10-13,15,25H,4-5,8-9,14H2,(H,31,34)/t25-/m1/s1. The van der Waals surface area contributed by atoms with E-state index in [1.807, 2.05) is 30.3 Å². The molecule has 1 aromatic carbocycles. The first-order chi connectivity index (χ1) is 18.3. The zero-order valence-corrected chi connectivity index (χ0v) is 20.8. The van der Waals surface area contributed by atoms with E-state index in [-0.39, 0.29) is 18.7 Å². The van der Waals surface area contributed by atoms with Crippen molar-refractivity contribution < 1.29 is 26.7 Å². The van der Waals surface area contributed by atoms with Crippen molar-refractivity contribution in [1.82, 2.24) is 20.3 Å². The van der Waals surface area contributed by atoms with Crippen LogP contribution in [-0.4, -0.2) is 41.4 Å². The Morgan fingerprint density at radius 1 is 1.05 bits per heavy atom. The summed E-state index contributed by atoms with van der Waals surface area (Å²) in [5, 5.41) is 3.41. The number of aromatic nitrogens is 3. The smallest absolute Gasteiger partial charge is 0.251 e. The predicted octanol–water partition coefficient (Wildman–Crippen LogP) is 4.49. The molecule has 194 valence electrons. The maximum atomic E-state index is 14.6. The van der Waals surface area contributed by atoms with Gasteiger partial charge in [-0.25, -0.2) is 22.2 Å². The number of benzene rings is 1. The lowest BCUT2D eigenvalue weighted by Crippen LogP contribution is -2.24. The lowest BCUT2D eigenvalue weighted by atomic mass is 10.1. The topological polar surface area (TPSA) is 111 Å². The van der Waals surface area contributed by atoms with Crippen LogP contribution in [0.1, 0.15) is 46.9 Å². The third kappa shape index (κ3) is 4.58.